The Labute approximate surface area is 297 Å². The summed E-state index contributed by atoms with van der Waals surface area (Å²) in [4.78, 5) is 57.4. The van der Waals surface area contributed by atoms with Crippen LogP contribution in [-0.4, -0.2) is 42.4 Å². The Morgan fingerprint density at radius 3 is 2.30 bits per heavy atom. The molecule has 3 amide bonds. The number of hydrogen-bond acceptors (Lipinski definition) is 9. The summed E-state index contributed by atoms with van der Waals surface area (Å²) in [6.07, 6.45) is 1.60. The summed E-state index contributed by atoms with van der Waals surface area (Å²) in [6, 6.07) is 32.1. The first-order chi connectivity index (χ1) is 24.3. The lowest BCUT2D eigenvalue weighted by Gasteiger charge is -2.17. The number of aromatic nitrogens is 1. The molecule has 50 heavy (non-hydrogen) atoms. The van der Waals surface area contributed by atoms with Crippen molar-refractivity contribution in [2.45, 2.75) is 23.5 Å². The van der Waals surface area contributed by atoms with Crippen molar-refractivity contribution in [1.82, 2.24) is 10.3 Å². The second-order valence-corrected chi connectivity index (χ2v) is 12.7. The fraction of sp³-hybridized carbons (Fsp3) is 0.132. The van der Waals surface area contributed by atoms with E-state index in [0.717, 1.165) is 5.56 Å². The van der Waals surface area contributed by atoms with E-state index >= 15 is 0 Å². The normalized spacial score (nSPS) is 11.6. The van der Waals surface area contributed by atoms with Crippen molar-refractivity contribution >= 4 is 63.7 Å². The van der Waals surface area contributed by atoms with Crippen LogP contribution < -0.4 is 20.7 Å². The van der Waals surface area contributed by atoms with Gasteiger partial charge in [0.1, 0.15) is 16.7 Å². The fourth-order valence-corrected chi connectivity index (χ4v) is 6.46. The number of methoxy groups -OCH3 is 1. The summed E-state index contributed by atoms with van der Waals surface area (Å²) in [7, 11) is 1.57. The summed E-state index contributed by atoms with van der Waals surface area (Å²) >= 11 is 2.52. The van der Waals surface area contributed by atoms with Gasteiger partial charge < -0.3 is 25.4 Å². The van der Waals surface area contributed by atoms with Crippen LogP contribution in [0.1, 0.15) is 39.4 Å². The molecule has 0 aliphatic heterocycles. The Hall–Kier alpha value is -5.72. The van der Waals surface area contributed by atoms with Crippen LogP contribution in [-0.2, 0) is 25.5 Å². The maximum absolute atomic E-state index is 13.7. The zero-order valence-electron chi connectivity index (χ0n) is 27.3. The van der Waals surface area contributed by atoms with Crippen LogP contribution in [0, 0.1) is 0 Å². The number of hydrogen-bond donors (Lipinski definition) is 3. The molecule has 10 nitrogen and oxygen atoms in total. The number of anilines is 2. The van der Waals surface area contributed by atoms with Gasteiger partial charge in [-0.25, -0.2) is 4.98 Å². The number of ether oxygens (including phenoxy) is 2. The molecule has 0 spiro atoms. The second-order valence-electron chi connectivity index (χ2n) is 10.7. The molecule has 4 aromatic carbocycles. The molecule has 3 N–H and O–H groups in total. The van der Waals surface area contributed by atoms with Crippen molar-refractivity contribution in [3.05, 3.63) is 143 Å². The molecule has 12 heteroatoms. The lowest BCUT2D eigenvalue weighted by Crippen LogP contribution is -2.30. The fourth-order valence-electron chi connectivity index (χ4n) is 4.67. The third-order valence-electron chi connectivity index (χ3n) is 7.05. The van der Waals surface area contributed by atoms with Gasteiger partial charge in [0.25, 0.3) is 11.8 Å². The molecular formula is C38H34N4O6S2. The third kappa shape index (κ3) is 10.1. The predicted octanol–water partition coefficient (Wildman–Crippen LogP) is 7.14. The van der Waals surface area contributed by atoms with Crippen molar-refractivity contribution in [1.29, 1.82) is 0 Å². The van der Waals surface area contributed by atoms with E-state index in [1.165, 1.54) is 23.1 Å². The quantitative estimate of drug-likeness (QED) is 0.0630. The van der Waals surface area contributed by atoms with Gasteiger partial charge in [-0.15, -0.1) is 23.1 Å². The first-order valence-electron chi connectivity index (χ1n) is 15.6. The van der Waals surface area contributed by atoms with Gasteiger partial charge in [0.15, 0.2) is 5.13 Å². The van der Waals surface area contributed by atoms with E-state index in [9.17, 15) is 19.2 Å². The van der Waals surface area contributed by atoms with E-state index in [1.54, 1.807) is 98.3 Å². The lowest BCUT2D eigenvalue weighted by atomic mass is 10.1. The highest BCUT2D eigenvalue weighted by Crippen LogP contribution is 2.37. The topological polar surface area (TPSA) is 136 Å². The molecule has 0 bridgehead atoms. The molecule has 0 radical (unpaired) electrons. The summed E-state index contributed by atoms with van der Waals surface area (Å²) in [6.45, 7) is 2.01. The SMILES string of the molecule is CCOC(=O)Cc1csc(NC(=O)C(Sc2cccc(NC(=O)/C(=C\c3ccc(OC)cc3)NC(=O)c3ccccc3)c2)c2ccccc2)n1. The first kappa shape index (κ1) is 35.6. The summed E-state index contributed by atoms with van der Waals surface area (Å²) in [5.74, 6) is -1.01. The number of nitrogens with zero attached hydrogens (tertiary/aromatic N) is 1. The Kier molecular flexibility index (Phi) is 12.5. The van der Waals surface area contributed by atoms with Crippen molar-refractivity contribution in [3.63, 3.8) is 0 Å². The Bertz CT molecular complexity index is 1960. The van der Waals surface area contributed by atoms with Crippen LogP contribution in [0.15, 0.2) is 125 Å². The molecule has 0 aliphatic carbocycles. The molecule has 5 aromatic rings. The van der Waals surface area contributed by atoms with Gasteiger partial charge in [0.2, 0.25) is 5.91 Å². The van der Waals surface area contributed by atoms with E-state index in [-0.39, 0.29) is 30.6 Å². The smallest absolute Gasteiger partial charge is 0.311 e. The van der Waals surface area contributed by atoms with Crippen molar-refractivity contribution in [2.75, 3.05) is 24.4 Å². The maximum Gasteiger partial charge on any atom is 0.311 e. The Morgan fingerprint density at radius 2 is 1.60 bits per heavy atom. The summed E-state index contributed by atoms with van der Waals surface area (Å²) < 4.78 is 10.2. The van der Waals surface area contributed by atoms with Crippen LogP contribution in [0.3, 0.4) is 0 Å². The van der Waals surface area contributed by atoms with Crippen molar-refractivity contribution in [2.24, 2.45) is 0 Å². The highest BCUT2D eigenvalue weighted by molar-refractivity contribution is 8.00. The van der Waals surface area contributed by atoms with Crippen molar-refractivity contribution < 1.29 is 28.7 Å². The number of carbonyl (C=O) groups is 4. The van der Waals surface area contributed by atoms with Gasteiger partial charge in [-0.3, -0.25) is 19.2 Å². The van der Waals surface area contributed by atoms with Crippen LogP contribution in [0.2, 0.25) is 0 Å². The number of thiazole rings is 1. The zero-order chi connectivity index (χ0) is 35.3. The number of nitrogens with one attached hydrogen (secondary N) is 3. The molecule has 5 rings (SSSR count). The number of esters is 1. The van der Waals surface area contributed by atoms with E-state index in [0.29, 0.717) is 38.3 Å². The maximum atomic E-state index is 13.7. The average molecular weight is 707 g/mol. The molecular weight excluding hydrogens is 673 g/mol. The van der Waals surface area contributed by atoms with Gasteiger partial charge in [-0.2, -0.15) is 0 Å². The number of carbonyl (C=O) groups excluding carboxylic acids is 4. The van der Waals surface area contributed by atoms with E-state index < -0.39 is 17.1 Å². The van der Waals surface area contributed by atoms with Crippen LogP contribution in [0.5, 0.6) is 5.75 Å². The minimum absolute atomic E-state index is 0.0164. The first-order valence-corrected chi connectivity index (χ1v) is 17.3. The highest BCUT2D eigenvalue weighted by atomic mass is 32.2. The second kappa shape index (κ2) is 17.6. The van der Waals surface area contributed by atoms with Gasteiger partial charge >= 0.3 is 5.97 Å². The van der Waals surface area contributed by atoms with Gasteiger partial charge in [0.05, 0.1) is 25.8 Å². The highest BCUT2D eigenvalue weighted by Gasteiger charge is 2.24. The lowest BCUT2D eigenvalue weighted by molar-refractivity contribution is -0.142. The van der Waals surface area contributed by atoms with Crippen LogP contribution in [0.4, 0.5) is 10.8 Å². The number of rotatable bonds is 14. The number of thioether (sulfide) groups is 1. The molecule has 1 heterocycles. The summed E-state index contributed by atoms with van der Waals surface area (Å²) in [5, 5.41) is 9.92. The monoisotopic (exact) mass is 706 g/mol. The van der Waals surface area contributed by atoms with Gasteiger partial charge in [-0.05, 0) is 66.6 Å². The van der Waals surface area contributed by atoms with Gasteiger partial charge in [-0.1, -0.05) is 66.7 Å². The minimum atomic E-state index is -0.671. The number of benzene rings is 4. The standard InChI is InChI=1S/C38H34N4O6S2/c1-3-48-33(43)23-29-24-49-38(40-29)42-37(46)34(26-11-6-4-7-12-26)50-31-16-10-15-28(22-31)39-36(45)32(21-25-17-19-30(47-2)20-18-25)41-35(44)27-13-8-5-9-14-27/h4-22,24,34H,3,23H2,1-2H3,(H,39,45)(H,41,44)(H,40,42,46)/b32-21+. The molecule has 1 unspecified atom stereocenters. The van der Waals surface area contributed by atoms with Gasteiger partial charge in [0, 0.05) is 21.5 Å². The van der Waals surface area contributed by atoms with E-state index in [1.807, 2.05) is 36.4 Å². The molecule has 0 aliphatic rings. The van der Waals surface area contributed by atoms with E-state index in [2.05, 4.69) is 20.9 Å². The van der Waals surface area contributed by atoms with Crippen LogP contribution in [0.25, 0.3) is 6.08 Å². The molecule has 0 saturated carbocycles. The van der Waals surface area contributed by atoms with Crippen LogP contribution >= 0.6 is 23.1 Å². The van der Waals surface area contributed by atoms with Crippen molar-refractivity contribution in [3.8, 4) is 5.75 Å². The van der Waals surface area contributed by atoms with E-state index in [4.69, 9.17) is 9.47 Å². The molecule has 1 aromatic heterocycles. The molecule has 0 saturated heterocycles. The number of amides is 3. The Balaban J connectivity index is 1.34. The molecule has 254 valence electrons. The zero-order valence-corrected chi connectivity index (χ0v) is 28.9. The Morgan fingerprint density at radius 1 is 0.880 bits per heavy atom. The molecule has 0 fully saturated rings. The minimum Gasteiger partial charge on any atom is -0.497 e. The third-order valence-corrected chi connectivity index (χ3v) is 9.11. The largest absolute Gasteiger partial charge is 0.497 e. The average Bonchev–Trinajstić information content (AvgIpc) is 3.57. The molecule has 1 atom stereocenters. The predicted molar refractivity (Wildman–Crippen MR) is 196 cm³/mol. The summed E-state index contributed by atoms with van der Waals surface area (Å²) in [5.41, 5.74) is 2.85.